The number of hydrogen-bond acceptors (Lipinski definition) is 4. The van der Waals surface area contributed by atoms with E-state index in [1.807, 2.05) is 0 Å². The Morgan fingerprint density at radius 3 is 2.11 bits per heavy atom. The van der Waals surface area contributed by atoms with Crippen molar-refractivity contribution in [1.82, 2.24) is 14.9 Å². The fraction of sp³-hybridized carbons (Fsp3) is 0.909. The van der Waals surface area contributed by atoms with E-state index >= 15 is 0 Å². The van der Waals surface area contributed by atoms with Gasteiger partial charge in [0.15, 0.2) is 0 Å². The summed E-state index contributed by atoms with van der Waals surface area (Å²) in [6.07, 6.45) is 1.03. The van der Waals surface area contributed by atoms with Crippen molar-refractivity contribution < 1.29 is 13.2 Å². The lowest BCUT2D eigenvalue weighted by atomic mass is 10.4. The molecule has 0 aliphatic carbocycles. The normalized spacial score (nSPS) is 11.2. The fourth-order valence-corrected chi connectivity index (χ4v) is 2.92. The van der Waals surface area contributed by atoms with Crippen molar-refractivity contribution in [1.29, 1.82) is 0 Å². The molecule has 1 amide bonds. The number of amides is 1. The highest BCUT2D eigenvalue weighted by molar-refractivity contribution is 7.89. The molecule has 0 aromatic carbocycles. The standard InChI is InChI=1S/C11H25N3O3S.ClH/c1-4-7-12-8-9-13-11(15)10-18(16,17)14(5-2)6-3;/h12H,4-10H2,1-3H3,(H,13,15);1H. The quantitative estimate of drug-likeness (QED) is 0.564. The number of carbonyl (C=O) groups is 1. The van der Waals surface area contributed by atoms with E-state index in [0.717, 1.165) is 13.0 Å². The second-order valence-electron chi connectivity index (χ2n) is 3.94. The molecule has 0 aliphatic heterocycles. The summed E-state index contributed by atoms with van der Waals surface area (Å²) in [5.41, 5.74) is 0. The van der Waals surface area contributed by atoms with Crippen LogP contribution < -0.4 is 10.6 Å². The van der Waals surface area contributed by atoms with Gasteiger partial charge in [-0.05, 0) is 13.0 Å². The Morgan fingerprint density at radius 1 is 1.05 bits per heavy atom. The van der Waals surface area contributed by atoms with Crippen LogP contribution in [0.5, 0.6) is 0 Å². The molecule has 0 aromatic heterocycles. The molecule has 0 spiro atoms. The van der Waals surface area contributed by atoms with Crippen LogP contribution >= 0.6 is 12.4 Å². The Balaban J connectivity index is 0. The van der Waals surface area contributed by atoms with Gasteiger partial charge in [-0.25, -0.2) is 12.7 Å². The van der Waals surface area contributed by atoms with Crippen molar-refractivity contribution in [2.24, 2.45) is 0 Å². The summed E-state index contributed by atoms with van der Waals surface area (Å²) in [7, 11) is -3.47. The van der Waals surface area contributed by atoms with Gasteiger partial charge in [-0.15, -0.1) is 12.4 Å². The number of rotatable bonds is 10. The molecular formula is C11H26ClN3O3S. The largest absolute Gasteiger partial charge is 0.354 e. The first-order valence-electron chi connectivity index (χ1n) is 6.43. The Kier molecular flexibility index (Phi) is 12.6. The summed E-state index contributed by atoms with van der Waals surface area (Å²) in [5, 5.41) is 5.72. The van der Waals surface area contributed by atoms with Crippen molar-refractivity contribution in [2.45, 2.75) is 27.2 Å². The van der Waals surface area contributed by atoms with Gasteiger partial charge in [-0.1, -0.05) is 20.8 Å². The average Bonchev–Trinajstić information content (AvgIpc) is 2.29. The van der Waals surface area contributed by atoms with Crippen LogP contribution in [0.3, 0.4) is 0 Å². The maximum atomic E-state index is 11.8. The monoisotopic (exact) mass is 315 g/mol. The van der Waals surface area contributed by atoms with Crippen molar-refractivity contribution >= 4 is 28.3 Å². The summed E-state index contributed by atoms with van der Waals surface area (Å²) in [6.45, 7) is 8.36. The number of halogens is 1. The van der Waals surface area contributed by atoms with E-state index in [2.05, 4.69) is 17.6 Å². The van der Waals surface area contributed by atoms with Crippen LogP contribution in [0.1, 0.15) is 27.2 Å². The first kappa shape index (κ1) is 20.9. The van der Waals surface area contributed by atoms with E-state index in [0.29, 0.717) is 26.2 Å². The Hall–Kier alpha value is -0.370. The zero-order valence-electron chi connectivity index (χ0n) is 11.9. The van der Waals surface area contributed by atoms with Gasteiger partial charge < -0.3 is 10.6 Å². The lowest BCUT2D eigenvalue weighted by molar-refractivity contribution is -0.118. The highest BCUT2D eigenvalue weighted by atomic mass is 35.5. The number of sulfonamides is 1. The molecule has 19 heavy (non-hydrogen) atoms. The molecule has 0 saturated carbocycles. The van der Waals surface area contributed by atoms with Crippen molar-refractivity contribution in [3.8, 4) is 0 Å². The van der Waals surface area contributed by atoms with Gasteiger partial charge in [-0.3, -0.25) is 4.79 Å². The van der Waals surface area contributed by atoms with E-state index in [-0.39, 0.29) is 12.4 Å². The van der Waals surface area contributed by atoms with Gasteiger partial charge in [0.1, 0.15) is 5.75 Å². The highest BCUT2D eigenvalue weighted by Crippen LogP contribution is 2.00. The van der Waals surface area contributed by atoms with Crippen molar-refractivity contribution in [2.75, 3.05) is 38.5 Å². The second-order valence-corrected chi connectivity index (χ2v) is 5.91. The molecule has 116 valence electrons. The number of nitrogens with one attached hydrogen (secondary N) is 2. The Morgan fingerprint density at radius 2 is 1.63 bits per heavy atom. The molecule has 2 N–H and O–H groups in total. The molecule has 0 aromatic rings. The summed E-state index contributed by atoms with van der Waals surface area (Å²) >= 11 is 0. The van der Waals surface area contributed by atoms with Crippen LogP contribution in [-0.2, 0) is 14.8 Å². The van der Waals surface area contributed by atoms with Crippen LogP contribution in [0.4, 0.5) is 0 Å². The first-order valence-corrected chi connectivity index (χ1v) is 8.04. The predicted molar refractivity (Wildman–Crippen MR) is 80.1 cm³/mol. The molecule has 0 aliphatic rings. The lowest BCUT2D eigenvalue weighted by Gasteiger charge is -2.17. The number of nitrogens with zero attached hydrogens (tertiary/aromatic N) is 1. The van der Waals surface area contributed by atoms with Gasteiger partial charge in [0.25, 0.3) is 0 Å². The van der Waals surface area contributed by atoms with Crippen LogP contribution in [0.25, 0.3) is 0 Å². The molecule has 0 atom stereocenters. The first-order chi connectivity index (χ1) is 8.47. The molecule has 0 rings (SSSR count). The minimum absolute atomic E-state index is 0. The van der Waals surface area contributed by atoms with Gasteiger partial charge in [0.05, 0.1) is 0 Å². The van der Waals surface area contributed by atoms with E-state index < -0.39 is 21.7 Å². The van der Waals surface area contributed by atoms with Gasteiger partial charge in [0, 0.05) is 26.2 Å². The topological polar surface area (TPSA) is 78.5 Å². The van der Waals surface area contributed by atoms with Crippen molar-refractivity contribution in [3.05, 3.63) is 0 Å². The van der Waals surface area contributed by atoms with Crippen LogP contribution in [0, 0.1) is 0 Å². The fourth-order valence-electron chi connectivity index (χ4n) is 1.52. The zero-order chi connectivity index (χ0) is 14.0. The molecular weight excluding hydrogens is 290 g/mol. The third-order valence-corrected chi connectivity index (χ3v) is 4.39. The zero-order valence-corrected chi connectivity index (χ0v) is 13.6. The second kappa shape index (κ2) is 11.5. The summed E-state index contributed by atoms with van der Waals surface area (Å²) in [4.78, 5) is 11.5. The van der Waals surface area contributed by atoms with Gasteiger partial charge >= 0.3 is 0 Å². The lowest BCUT2D eigenvalue weighted by Crippen LogP contribution is -2.41. The summed E-state index contributed by atoms with van der Waals surface area (Å²) in [5.74, 6) is -0.914. The highest BCUT2D eigenvalue weighted by Gasteiger charge is 2.22. The van der Waals surface area contributed by atoms with Crippen LogP contribution in [-0.4, -0.2) is 57.1 Å². The SMILES string of the molecule is CCCNCCNC(=O)CS(=O)(=O)N(CC)CC.Cl. The van der Waals surface area contributed by atoms with E-state index in [9.17, 15) is 13.2 Å². The molecule has 0 fully saturated rings. The summed E-state index contributed by atoms with van der Waals surface area (Å²) < 4.78 is 24.9. The van der Waals surface area contributed by atoms with Crippen LogP contribution in [0.15, 0.2) is 0 Å². The van der Waals surface area contributed by atoms with Gasteiger partial charge in [0.2, 0.25) is 15.9 Å². The predicted octanol–water partition coefficient (Wildman–Crippen LogP) is 0.196. The molecule has 6 nitrogen and oxygen atoms in total. The minimum Gasteiger partial charge on any atom is -0.354 e. The molecule has 0 heterocycles. The Bertz CT molecular complexity index is 332. The van der Waals surface area contributed by atoms with Crippen molar-refractivity contribution in [3.63, 3.8) is 0 Å². The van der Waals surface area contributed by atoms with E-state index in [4.69, 9.17) is 0 Å². The maximum absolute atomic E-state index is 11.8. The third-order valence-electron chi connectivity index (χ3n) is 2.46. The number of carbonyl (C=O) groups excluding carboxylic acids is 1. The van der Waals surface area contributed by atoms with E-state index in [1.54, 1.807) is 13.8 Å². The number of hydrogen-bond donors (Lipinski definition) is 2. The summed E-state index contributed by atoms with van der Waals surface area (Å²) in [6, 6.07) is 0. The minimum atomic E-state index is -3.47. The van der Waals surface area contributed by atoms with Crippen LogP contribution in [0.2, 0.25) is 0 Å². The average molecular weight is 316 g/mol. The third kappa shape index (κ3) is 9.21. The van der Waals surface area contributed by atoms with Gasteiger partial charge in [-0.2, -0.15) is 0 Å². The molecule has 0 unspecified atom stereocenters. The molecule has 0 radical (unpaired) electrons. The maximum Gasteiger partial charge on any atom is 0.236 e. The van der Waals surface area contributed by atoms with E-state index in [1.165, 1.54) is 4.31 Å². The molecule has 0 saturated heterocycles. The molecule has 0 bridgehead atoms. The smallest absolute Gasteiger partial charge is 0.236 e. The Labute approximate surface area is 122 Å². The molecule has 8 heteroatoms.